The van der Waals surface area contributed by atoms with E-state index in [9.17, 15) is 0 Å². The van der Waals surface area contributed by atoms with Crippen molar-refractivity contribution in [3.8, 4) is 11.3 Å². The van der Waals surface area contributed by atoms with Gasteiger partial charge in [-0.3, -0.25) is 4.98 Å². The Balaban J connectivity index is 1.68. The van der Waals surface area contributed by atoms with Crippen LogP contribution in [0.2, 0.25) is 0 Å². The number of pyridine rings is 1. The van der Waals surface area contributed by atoms with Gasteiger partial charge in [0, 0.05) is 42.2 Å². The summed E-state index contributed by atoms with van der Waals surface area (Å²) in [6, 6.07) is 20.3. The SMILES string of the molecule is Cc1sc2ccc3c4ccnc(-c5cc(C(C)(C)C)c6ccccc6c5)c4sc3c2c1CC(C)C. The Morgan fingerprint density at radius 2 is 1.63 bits per heavy atom. The molecule has 0 saturated heterocycles. The lowest BCUT2D eigenvalue weighted by molar-refractivity contribution is 0.596. The van der Waals surface area contributed by atoms with E-state index in [4.69, 9.17) is 4.98 Å². The Morgan fingerprint density at radius 3 is 2.40 bits per heavy atom. The van der Waals surface area contributed by atoms with Crippen LogP contribution in [-0.4, -0.2) is 4.98 Å². The van der Waals surface area contributed by atoms with E-state index in [1.54, 1.807) is 0 Å². The second-order valence-electron chi connectivity index (χ2n) is 11.2. The van der Waals surface area contributed by atoms with Crippen LogP contribution in [0.15, 0.2) is 60.8 Å². The Labute approximate surface area is 215 Å². The van der Waals surface area contributed by atoms with Gasteiger partial charge in [-0.2, -0.15) is 0 Å². The molecule has 6 aromatic rings. The van der Waals surface area contributed by atoms with Gasteiger partial charge in [-0.25, -0.2) is 0 Å². The van der Waals surface area contributed by atoms with E-state index < -0.39 is 0 Å². The van der Waals surface area contributed by atoms with Crippen molar-refractivity contribution in [2.75, 3.05) is 0 Å². The molecule has 0 N–H and O–H groups in total. The van der Waals surface area contributed by atoms with Gasteiger partial charge < -0.3 is 0 Å². The number of thiophene rings is 2. The average Bonchev–Trinajstić information content (AvgIpc) is 3.34. The molecule has 3 aromatic carbocycles. The number of hydrogen-bond donors (Lipinski definition) is 0. The van der Waals surface area contributed by atoms with E-state index in [2.05, 4.69) is 96.1 Å². The standard InChI is InChI=1S/C32H31NS2/c1-18(2)15-25-19(3)34-27-12-11-23-24-13-14-33-29(31(24)35-30(23)28(25)27)21-16-20-9-7-8-10-22(20)26(17-21)32(4,5)6/h7-14,16-18H,15H2,1-6H3. The lowest BCUT2D eigenvalue weighted by Gasteiger charge is -2.22. The molecule has 3 heterocycles. The van der Waals surface area contributed by atoms with Crippen LogP contribution in [0, 0.1) is 12.8 Å². The molecule has 1 nitrogen and oxygen atoms in total. The molecule has 0 bridgehead atoms. The number of rotatable bonds is 3. The van der Waals surface area contributed by atoms with Gasteiger partial charge in [0.1, 0.15) is 0 Å². The molecule has 0 aliphatic heterocycles. The molecule has 6 rings (SSSR count). The van der Waals surface area contributed by atoms with Gasteiger partial charge in [0.05, 0.1) is 10.4 Å². The summed E-state index contributed by atoms with van der Waals surface area (Å²) in [6.07, 6.45) is 3.12. The number of aryl methyl sites for hydroxylation is 1. The molecule has 0 unspecified atom stereocenters. The fourth-order valence-electron chi connectivity index (χ4n) is 5.45. The lowest BCUT2D eigenvalue weighted by Crippen LogP contribution is -2.12. The van der Waals surface area contributed by atoms with E-state index in [1.165, 1.54) is 62.6 Å². The Kier molecular flexibility index (Phi) is 5.28. The van der Waals surface area contributed by atoms with Crippen LogP contribution in [-0.2, 0) is 11.8 Å². The minimum atomic E-state index is 0.0514. The van der Waals surface area contributed by atoms with E-state index in [-0.39, 0.29) is 5.41 Å². The van der Waals surface area contributed by atoms with Gasteiger partial charge in [-0.15, -0.1) is 22.7 Å². The monoisotopic (exact) mass is 493 g/mol. The van der Waals surface area contributed by atoms with Gasteiger partial charge in [0.25, 0.3) is 0 Å². The number of fused-ring (bicyclic) bond motifs is 6. The highest BCUT2D eigenvalue weighted by molar-refractivity contribution is 7.28. The highest BCUT2D eigenvalue weighted by Crippen LogP contribution is 2.46. The van der Waals surface area contributed by atoms with Crippen LogP contribution in [0.1, 0.15) is 50.6 Å². The predicted octanol–water partition coefficient (Wildman–Crippen LogP) is 10.3. The molecule has 0 fully saturated rings. The molecule has 3 heteroatoms. The van der Waals surface area contributed by atoms with Crippen molar-refractivity contribution >= 4 is 63.7 Å². The molecule has 0 spiro atoms. The summed E-state index contributed by atoms with van der Waals surface area (Å²) in [6.45, 7) is 13.8. The maximum absolute atomic E-state index is 4.97. The Morgan fingerprint density at radius 1 is 0.857 bits per heavy atom. The summed E-state index contributed by atoms with van der Waals surface area (Å²) in [5.74, 6) is 0.641. The molecule has 0 aliphatic rings. The molecule has 0 atom stereocenters. The lowest BCUT2D eigenvalue weighted by atomic mass is 9.82. The first-order valence-corrected chi connectivity index (χ1v) is 14.1. The smallest absolute Gasteiger partial charge is 0.0880 e. The fourth-order valence-corrected chi connectivity index (χ4v) is 8.00. The number of aromatic nitrogens is 1. The molecular formula is C32H31NS2. The molecule has 0 amide bonds. The highest BCUT2D eigenvalue weighted by Gasteiger charge is 2.21. The van der Waals surface area contributed by atoms with Crippen molar-refractivity contribution < 1.29 is 0 Å². The molecular weight excluding hydrogens is 462 g/mol. The minimum absolute atomic E-state index is 0.0514. The summed E-state index contributed by atoms with van der Waals surface area (Å²) < 4.78 is 4.13. The average molecular weight is 494 g/mol. The first-order chi connectivity index (χ1) is 16.7. The van der Waals surface area contributed by atoms with Crippen LogP contribution in [0.3, 0.4) is 0 Å². The highest BCUT2D eigenvalue weighted by atomic mass is 32.1. The molecule has 0 saturated carbocycles. The predicted molar refractivity (Wildman–Crippen MR) is 157 cm³/mol. The van der Waals surface area contributed by atoms with Crippen molar-refractivity contribution in [3.63, 3.8) is 0 Å². The van der Waals surface area contributed by atoms with E-state index in [0.29, 0.717) is 5.92 Å². The third kappa shape index (κ3) is 3.68. The molecule has 176 valence electrons. The topological polar surface area (TPSA) is 12.9 Å². The van der Waals surface area contributed by atoms with Gasteiger partial charge in [-0.1, -0.05) is 65.0 Å². The van der Waals surface area contributed by atoms with Crippen molar-refractivity contribution in [2.24, 2.45) is 5.92 Å². The molecule has 0 radical (unpaired) electrons. The molecule has 35 heavy (non-hydrogen) atoms. The minimum Gasteiger partial charge on any atom is -0.255 e. The summed E-state index contributed by atoms with van der Waals surface area (Å²) in [4.78, 5) is 6.43. The van der Waals surface area contributed by atoms with Crippen molar-refractivity contribution in [3.05, 3.63) is 76.8 Å². The van der Waals surface area contributed by atoms with Crippen LogP contribution in [0.25, 0.3) is 52.3 Å². The van der Waals surface area contributed by atoms with Crippen LogP contribution < -0.4 is 0 Å². The van der Waals surface area contributed by atoms with Gasteiger partial charge in [-0.05, 0) is 70.8 Å². The Hall–Kier alpha value is -2.75. The second-order valence-corrected chi connectivity index (χ2v) is 13.5. The fraction of sp³-hybridized carbons (Fsp3) is 0.281. The van der Waals surface area contributed by atoms with E-state index >= 15 is 0 Å². The van der Waals surface area contributed by atoms with Crippen LogP contribution >= 0.6 is 22.7 Å². The van der Waals surface area contributed by atoms with Crippen LogP contribution in [0.5, 0.6) is 0 Å². The van der Waals surface area contributed by atoms with E-state index in [0.717, 1.165) is 12.1 Å². The summed E-state index contributed by atoms with van der Waals surface area (Å²) >= 11 is 3.87. The zero-order valence-electron chi connectivity index (χ0n) is 21.3. The number of nitrogens with zero attached hydrogens (tertiary/aromatic N) is 1. The molecule has 3 aromatic heterocycles. The van der Waals surface area contributed by atoms with Gasteiger partial charge in [0.15, 0.2) is 0 Å². The first kappa shape index (κ1) is 22.7. The van der Waals surface area contributed by atoms with E-state index in [1.807, 2.05) is 28.9 Å². The van der Waals surface area contributed by atoms with Crippen molar-refractivity contribution in [1.82, 2.24) is 4.98 Å². The van der Waals surface area contributed by atoms with Crippen LogP contribution in [0.4, 0.5) is 0 Å². The Bertz CT molecular complexity index is 1740. The quantitative estimate of drug-likeness (QED) is 0.239. The maximum Gasteiger partial charge on any atom is 0.0880 e. The summed E-state index contributed by atoms with van der Waals surface area (Å²) in [7, 11) is 0. The molecule has 0 aliphatic carbocycles. The van der Waals surface area contributed by atoms with Gasteiger partial charge in [0.2, 0.25) is 0 Å². The summed E-state index contributed by atoms with van der Waals surface area (Å²) in [5.41, 5.74) is 5.28. The third-order valence-electron chi connectivity index (χ3n) is 7.06. The maximum atomic E-state index is 4.97. The third-order valence-corrected chi connectivity index (χ3v) is 9.42. The number of hydrogen-bond acceptors (Lipinski definition) is 3. The summed E-state index contributed by atoms with van der Waals surface area (Å²) in [5, 5.41) is 6.77. The zero-order chi connectivity index (χ0) is 24.5. The van der Waals surface area contributed by atoms with Crippen molar-refractivity contribution in [1.29, 1.82) is 0 Å². The normalized spacial score (nSPS) is 12.7. The first-order valence-electron chi connectivity index (χ1n) is 12.5. The second kappa shape index (κ2) is 8.15. The largest absolute Gasteiger partial charge is 0.255 e. The van der Waals surface area contributed by atoms with Crippen molar-refractivity contribution in [2.45, 2.75) is 53.4 Å². The zero-order valence-corrected chi connectivity index (χ0v) is 23.0. The number of benzene rings is 3. The van der Waals surface area contributed by atoms with Gasteiger partial charge >= 0.3 is 0 Å².